The number of nitrogens with zero attached hydrogens (tertiary/aromatic N) is 1. The smallest absolute Gasteiger partial charge is 0.249 e. The Morgan fingerprint density at radius 1 is 1.15 bits per heavy atom. The zero-order valence-corrected chi connectivity index (χ0v) is 14.5. The van der Waals surface area contributed by atoms with Gasteiger partial charge in [0.25, 0.3) is 0 Å². The topological polar surface area (TPSA) is 79.2 Å². The number of methoxy groups -OCH3 is 1. The zero-order chi connectivity index (χ0) is 18.8. The van der Waals surface area contributed by atoms with E-state index in [4.69, 9.17) is 4.74 Å². The Balaban J connectivity index is 1.87. The van der Waals surface area contributed by atoms with Crippen LogP contribution in [0.2, 0.25) is 0 Å². The van der Waals surface area contributed by atoms with Crippen molar-refractivity contribution in [2.24, 2.45) is 5.92 Å². The fraction of sp³-hybridized carbons (Fsp3) is 0.190. The molecule has 2 aromatic carbocycles. The third-order valence-electron chi connectivity index (χ3n) is 3.74. The molecule has 26 heavy (non-hydrogen) atoms. The molecule has 0 aliphatic rings. The van der Waals surface area contributed by atoms with Gasteiger partial charge in [0.05, 0.1) is 13.2 Å². The van der Waals surface area contributed by atoms with Gasteiger partial charge < -0.3 is 10.1 Å². The quantitative estimate of drug-likeness (QED) is 0.735. The molecule has 0 heterocycles. The molecule has 5 heteroatoms. The van der Waals surface area contributed by atoms with Crippen LogP contribution in [0.25, 0.3) is 6.08 Å². The lowest BCUT2D eigenvalue weighted by molar-refractivity contribution is -0.128. The third kappa shape index (κ3) is 5.60. The van der Waals surface area contributed by atoms with Crippen LogP contribution in [0, 0.1) is 17.2 Å². The van der Waals surface area contributed by atoms with Gasteiger partial charge in [-0.25, -0.2) is 0 Å². The summed E-state index contributed by atoms with van der Waals surface area (Å²) in [7, 11) is 1.55. The van der Waals surface area contributed by atoms with Gasteiger partial charge in [-0.2, -0.15) is 5.26 Å². The number of anilines is 1. The molecule has 0 aliphatic carbocycles. The van der Waals surface area contributed by atoms with Crippen molar-refractivity contribution in [1.82, 2.24) is 0 Å². The Morgan fingerprint density at radius 2 is 1.85 bits per heavy atom. The molecule has 0 aliphatic heterocycles. The average molecular weight is 348 g/mol. The highest BCUT2D eigenvalue weighted by molar-refractivity contribution is 6.09. The molecule has 1 atom stereocenters. The summed E-state index contributed by atoms with van der Waals surface area (Å²) in [5.41, 5.74) is 1.54. The SMILES string of the molecule is COc1ccc(NC(=O)[C@H](C#N)C(=O)CC/C=C\c2ccccc2)cc1. The number of Topliss-reactive ketones (excluding diaryl/α,β-unsaturated/α-hetero) is 1. The number of benzene rings is 2. The van der Waals surface area contributed by atoms with Crippen LogP contribution < -0.4 is 10.1 Å². The van der Waals surface area contributed by atoms with E-state index in [0.717, 1.165) is 5.56 Å². The van der Waals surface area contributed by atoms with Crippen molar-refractivity contribution in [1.29, 1.82) is 5.26 Å². The molecular formula is C21H20N2O3. The van der Waals surface area contributed by atoms with E-state index in [1.54, 1.807) is 37.4 Å². The van der Waals surface area contributed by atoms with Crippen LogP contribution in [0.5, 0.6) is 5.75 Å². The number of allylic oxidation sites excluding steroid dienone is 1. The lowest BCUT2D eigenvalue weighted by Crippen LogP contribution is -2.28. The summed E-state index contributed by atoms with van der Waals surface area (Å²) in [4.78, 5) is 24.4. The van der Waals surface area contributed by atoms with Gasteiger partial charge >= 0.3 is 0 Å². The van der Waals surface area contributed by atoms with E-state index < -0.39 is 17.6 Å². The first-order chi connectivity index (χ1) is 12.6. The van der Waals surface area contributed by atoms with Crippen molar-refractivity contribution in [3.8, 4) is 11.8 Å². The van der Waals surface area contributed by atoms with E-state index >= 15 is 0 Å². The van der Waals surface area contributed by atoms with Crippen LogP contribution in [0.15, 0.2) is 60.7 Å². The number of carbonyl (C=O) groups excluding carboxylic acids is 2. The molecule has 0 saturated heterocycles. The van der Waals surface area contributed by atoms with Gasteiger partial charge in [-0.05, 0) is 36.2 Å². The van der Waals surface area contributed by atoms with E-state index in [2.05, 4.69) is 5.32 Å². The van der Waals surface area contributed by atoms with Crippen molar-refractivity contribution in [2.45, 2.75) is 12.8 Å². The Hall–Kier alpha value is -3.39. The van der Waals surface area contributed by atoms with Crippen LogP contribution in [0.1, 0.15) is 18.4 Å². The molecule has 0 unspecified atom stereocenters. The minimum Gasteiger partial charge on any atom is -0.497 e. The molecule has 0 radical (unpaired) electrons. The summed E-state index contributed by atoms with van der Waals surface area (Å²) in [6, 6.07) is 18.2. The van der Waals surface area contributed by atoms with E-state index in [9.17, 15) is 14.9 Å². The summed E-state index contributed by atoms with van der Waals surface area (Å²) in [5, 5.41) is 11.8. The van der Waals surface area contributed by atoms with Crippen LogP contribution in [0.3, 0.4) is 0 Å². The lowest BCUT2D eigenvalue weighted by Gasteiger charge is -2.09. The molecule has 0 fully saturated rings. The molecular weight excluding hydrogens is 328 g/mol. The molecule has 2 rings (SSSR count). The van der Waals surface area contributed by atoms with Crippen molar-refractivity contribution in [2.75, 3.05) is 12.4 Å². The van der Waals surface area contributed by atoms with Crippen molar-refractivity contribution < 1.29 is 14.3 Å². The number of nitrogens with one attached hydrogen (secondary N) is 1. The molecule has 0 saturated carbocycles. The van der Waals surface area contributed by atoms with E-state index in [1.807, 2.05) is 42.5 Å². The number of hydrogen-bond acceptors (Lipinski definition) is 4. The monoisotopic (exact) mass is 348 g/mol. The maximum absolute atomic E-state index is 12.2. The number of ether oxygens (including phenoxy) is 1. The normalized spacial score (nSPS) is 11.5. The molecule has 0 spiro atoms. The van der Waals surface area contributed by atoms with E-state index in [1.165, 1.54) is 0 Å². The Bertz CT molecular complexity index is 805. The van der Waals surface area contributed by atoms with E-state index in [0.29, 0.717) is 17.9 Å². The second-order valence-electron chi connectivity index (χ2n) is 5.60. The molecule has 2 aromatic rings. The molecule has 5 nitrogen and oxygen atoms in total. The van der Waals surface area contributed by atoms with Crippen LogP contribution in [0.4, 0.5) is 5.69 Å². The molecule has 132 valence electrons. The van der Waals surface area contributed by atoms with Gasteiger partial charge in [-0.3, -0.25) is 9.59 Å². The summed E-state index contributed by atoms with van der Waals surface area (Å²) in [5.74, 6) is -1.67. The molecule has 1 amide bonds. The summed E-state index contributed by atoms with van der Waals surface area (Å²) < 4.78 is 5.04. The van der Waals surface area contributed by atoms with Gasteiger partial charge in [0.15, 0.2) is 11.7 Å². The lowest BCUT2D eigenvalue weighted by atomic mass is 10.0. The van der Waals surface area contributed by atoms with Crippen molar-refractivity contribution in [3.05, 3.63) is 66.2 Å². The summed E-state index contributed by atoms with van der Waals surface area (Å²) >= 11 is 0. The van der Waals surface area contributed by atoms with Gasteiger partial charge in [0.2, 0.25) is 5.91 Å². The highest BCUT2D eigenvalue weighted by Gasteiger charge is 2.25. The number of carbonyl (C=O) groups is 2. The second kappa shape index (κ2) is 9.80. The van der Waals surface area contributed by atoms with Crippen LogP contribution in [-0.4, -0.2) is 18.8 Å². The highest BCUT2D eigenvalue weighted by Crippen LogP contribution is 2.16. The van der Waals surface area contributed by atoms with E-state index in [-0.39, 0.29) is 6.42 Å². The fourth-order valence-electron chi connectivity index (χ4n) is 2.32. The molecule has 1 N–H and O–H groups in total. The first-order valence-corrected chi connectivity index (χ1v) is 8.23. The highest BCUT2D eigenvalue weighted by atomic mass is 16.5. The van der Waals surface area contributed by atoms with Crippen LogP contribution >= 0.6 is 0 Å². The number of rotatable bonds is 8. The van der Waals surface area contributed by atoms with Gasteiger partial charge in [-0.15, -0.1) is 0 Å². The van der Waals surface area contributed by atoms with Crippen molar-refractivity contribution >= 4 is 23.5 Å². The van der Waals surface area contributed by atoms with Crippen LogP contribution in [-0.2, 0) is 9.59 Å². The minimum atomic E-state index is -1.32. The third-order valence-corrected chi connectivity index (χ3v) is 3.74. The summed E-state index contributed by atoms with van der Waals surface area (Å²) in [6.07, 6.45) is 4.38. The Kier molecular flexibility index (Phi) is 7.14. The second-order valence-corrected chi connectivity index (χ2v) is 5.60. The standard InChI is InChI=1S/C21H20N2O3/c1-26-18-13-11-17(12-14-18)23-21(25)19(15-22)20(24)10-6-5-9-16-7-3-2-4-8-16/h2-5,7-9,11-14,19H,6,10H2,1H3,(H,23,25)/b9-5-/t19-/m1/s1. The number of amides is 1. The Labute approximate surface area is 152 Å². The van der Waals surface area contributed by atoms with Crippen molar-refractivity contribution in [3.63, 3.8) is 0 Å². The maximum Gasteiger partial charge on any atom is 0.249 e. The van der Waals surface area contributed by atoms with Gasteiger partial charge in [0.1, 0.15) is 5.75 Å². The average Bonchev–Trinajstić information content (AvgIpc) is 2.67. The molecule has 0 bridgehead atoms. The number of nitriles is 1. The Morgan fingerprint density at radius 3 is 2.46 bits per heavy atom. The molecule has 0 aromatic heterocycles. The van der Waals surface area contributed by atoms with Gasteiger partial charge in [0, 0.05) is 12.1 Å². The van der Waals surface area contributed by atoms with Gasteiger partial charge in [-0.1, -0.05) is 42.5 Å². The maximum atomic E-state index is 12.2. The largest absolute Gasteiger partial charge is 0.497 e. The fourth-order valence-corrected chi connectivity index (χ4v) is 2.32. The number of ketones is 1. The predicted octanol–water partition coefficient (Wildman–Crippen LogP) is 3.84. The first kappa shape index (κ1) is 18.9. The summed E-state index contributed by atoms with van der Waals surface area (Å²) in [6.45, 7) is 0. The zero-order valence-electron chi connectivity index (χ0n) is 14.5. The number of hydrogen-bond donors (Lipinski definition) is 1. The minimum absolute atomic E-state index is 0.137. The predicted molar refractivity (Wildman–Crippen MR) is 100 cm³/mol. The first-order valence-electron chi connectivity index (χ1n) is 8.23.